The maximum atomic E-state index is 5.83. The SMILES string of the molecule is CCN(c1nc(C)cc(C)c1CN)C(C)C. The summed E-state index contributed by atoms with van der Waals surface area (Å²) >= 11 is 0. The molecule has 0 aromatic carbocycles. The summed E-state index contributed by atoms with van der Waals surface area (Å²) in [6.45, 7) is 12.2. The van der Waals surface area contributed by atoms with E-state index in [0.29, 0.717) is 12.6 Å². The summed E-state index contributed by atoms with van der Waals surface area (Å²) in [6, 6.07) is 2.55. The Hall–Kier alpha value is -1.09. The average Bonchev–Trinajstić information content (AvgIpc) is 2.17. The standard InChI is InChI=1S/C13H23N3/c1-6-16(9(2)3)13-12(8-14)10(4)7-11(5)15-13/h7,9H,6,8,14H2,1-5H3. The van der Waals surface area contributed by atoms with Gasteiger partial charge in [0, 0.05) is 30.4 Å². The van der Waals surface area contributed by atoms with Crippen LogP contribution in [0.5, 0.6) is 0 Å². The zero-order valence-electron chi connectivity index (χ0n) is 11.0. The van der Waals surface area contributed by atoms with Crippen LogP contribution in [0.25, 0.3) is 0 Å². The highest BCUT2D eigenvalue weighted by Gasteiger charge is 2.15. The molecule has 3 heteroatoms. The van der Waals surface area contributed by atoms with E-state index in [0.717, 1.165) is 18.1 Å². The maximum absolute atomic E-state index is 5.83. The third-order valence-corrected chi connectivity index (χ3v) is 2.89. The molecule has 0 aliphatic heterocycles. The first-order valence-electron chi connectivity index (χ1n) is 5.95. The van der Waals surface area contributed by atoms with Gasteiger partial charge in [0.1, 0.15) is 5.82 Å². The lowest BCUT2D eigenvalue weighted by molar-refractivity contribution is 0.686. The highest BCUT2D eigenvalue weighted by atomic mass is 15.2. The molecule has 0 bridgehead atoms. The Balaban J connectivity index is 3.29. The van der Waals surface area contributed by atoms with Crippen molar-refractivity contribution < 1.29 is 0 Å². The highest BCUT2D eigenvalue weighted by Crippen LogP contribution is 2.23. The van der Waals surface area contributed by atoms with Crippen LogP contribution in [0, 0.1) is 13.8 Å². The summed E-state index contributed by atoms with van der Waals surface area (Å²) in [5.74, 6) is 1.05. The van der Waals surface area contributed by atoms with Crippen LogP contribution in [0.15, 0.2) is 6.07 Å². The van der Waals surface area contributed by atoms with Crippen LogP contribution < -0.4 is 10.6 Å². The molecule has 0 fully saturated rings. The number of nitrogens with zero attached hydrogens (tertiary/aromatic N) is 2. The summed E-state index contributed by atoms with van der Waals surface area (Å²) in [4.78, 5) is 6.94. The van der Waals surface area contributed by atoms with Gasteiger partial charge in [0.15, 0.2) is 0 Å². The molecule has 90 valence electrons. The van der Waals surface area contributed by atoms with Gasteiger partial charge in [-0.05, 0) is 46.2 Å². The molecule has 0 amide bonds. The van der Waals surface area contributed by atoms with Gasteiger partial charge < -0.3 is 10.6 Å². The lowest BCUT2D eigenvalue weighted by atomic mass is 10.1. The molecule has 3 nitrogen and oxygen atoms in total. The number of rotatable bonds is 4. The average molecular weight is 221 g/mol. The minimum Gasteiger partial charge on any atom is -0.354 e. The first kappa shape index (κ1) is 13.0. The molecule has 0 saturated carbocycles. The third-order valence-electron chi connectivity index (χ3n) is 2.89. The van der Waals surface area contributed by atoms with Crippen molar-refractivity contribution >= 4 is 5.82 Å². The molecule has 0 saturated heterocycles. The Morgan fingerprint density at radius 2 is 2.00 bits per heavy atom. The molecule has 1 rings (SSSR count). The predicted octanol–water partition coefficient (Wildman–Crippen LogP) is 2.39. The van der Waals surface area contributed by atoms with Crippen molar-refractivity contribution in [1.29, 1.82) is 0 Å². The number of pyridine rings is 1. The second kappa shape index (κ2) is 5.30. The summed E-state index contributed by atoms with van der Waals surface area (Å²) in [5, 5.41) is 0. The molecule has 0 atom stereocenters. The van der Waals surface area contributed by atoms with E-state index in [9.17, 15) is 0 Å². The first-order chi connectivity index (χ1) is 7.51. The Kier molecular flexibility index (Phi) is 4.30. The van der Waals surface area contributed by atoms with Crippen LogP contribution in [0.3, 0.4) is 0 Å². The van der Waals surface area contributed by atoms with E-state index in [-0.39, 0.29) is 0 Å². The predicted molar refractivity (Wildman–Crippen MR) is 69.8 cm³/mol. The normalized spacial score (nSPS) is 10.9. The molecule has 0 spiro atoms. The Labute approximate surface area is 98.7 Å². The fraction of sp³-hybridized carbons (Fsp3) is 0.615. The molecule has 1 heterocycles. The third kappa shape index (κ3) is 2.53. The van der Waals surface area contributed by atoms with Gasteiger partial charge in [-0.15, -0.1) is 0 Å². The van der Waals surface area contributed by atoms with Crippen LogP contribution >= 0.6 is 0 Å². The zero-order valence-corrected chi connectivity index (χ0v) is 11.0. The largest absolute Gasteiger partial charge is 0.354 e. The van der Waals surface area contributed by atoms with Crippen LogP contribution in [-0.2, 0) is 6.54 Å². The number of anilines is 1. The van der Waals surface area contributed by atoms with Crippen molar-refractivity contribution in [1.82, 2.24) is 4.98 Å². The number of hydrogen-bond acceptors (Lipinski definition) is 3. The van der Waals surface area contributed by atoms with Crippen molar-refractivity contribution in [2.75, 3.05) is 11.4 Å². The van der Waals surface area contributed by atoms with E-state index in [1.54, 1.807) is 0 Å². The molecular weight excluding hydrogens is 198 g/mol. The zero-order chi connectivity index (χ0) is 12.3. The minimum absolute atomic E-state index is 0.448. The van der Waals surface area contributed by atoms with Crippen molar-refractivity contribution in [3.63, 3.8) is 0 Å². The molecule has 16 heavy (non-hydrogen) atoms. The molecule has 0 radical (unpaired) electrons. The van der Waals surface area contributed by atoms with Crippen molar-refractivity contribution in [3.05, 3.63) is 22.9 Å². The van der Waals surface area contributed by atoms with Gasteiger partial charge in [-0.1, -0.05) is 0 Å². The van der Waals surface area contributed by atoms with Gasteiger partial charge in [-0.3, -0.25) is 0 Å². The van der Waals surface area contributed by atoms with Gasteiger partial charge >= 0.3 is 0 Å². The lowest BCUT2D eigenvalue weighted by Gasteiger charge is -2.29. The summed E-state index contributed by atoms with van der Waals surface area (Å²) in [6.07, 6.45) is 0. The smallest absolute Gasteiger partial charge is 0.133 e. The van der Waals surface area contributed by atoms with Gasteiger partial charge in [-0.25, -0.2) is 4.98 Å². The molecular formula is C13H23N3. The quantitative estimate of drug-likeness (QED) is 0.849. The van der Waals surface area contributed by atoms with Gasteiger partial charge in [0.05, 0.1) is 0 Å². The number of hydrogen-bond donors (Lipinski definition) is 1. The number of nitrogens with two attached hydrogens (primary N) is 1. The van der Waals surface area contributed by atoms with E-state index < -0.39 is 0 Å². The summed E-state index contributed by atoms with van der Waals surface area (Å²) < 4.78 is 0. The van der Waals surface area contributed by atoms with Crippen LogP contribution in [-0.4, -0.2) is 17.6 Å². The van der Waals surface area contributed by atoms with Gasteiger partial charge in [0.25, 0.3) is 0 Å². The van der Waals surface area contributed by atoms with Crippen molar-refractivity contribution in [3.8, 4) is 0 Å². The second-order valence-corrected chi connectivity index (χ2v) is 4.47. The van der Waals surface area contributed by atoms with E-state index in [1.165, 1.54) is 11.1 Å². The van der Waals surface area contributed by atoms with Crippen molar-refractivity contribution in [2.45, 2.75) is 47.2 Å². The minimum atomic E-state index is 0.448. The first-order valence-corrected chi connectivity index (χ1v) is 5.95. The maximum Gasteiger partial charge on any atom is 0.133 e. The van der Waals surface area contributed by atoms with E-state index in [4.69, 9.17) is 5.73 Å². The fourth-order valence-electron chi connectivity index (χ4n) is 2.09. The lowest BCUT2D eigenvalue weighted by Crippen LogP contribution is -2.32. The molecule has 0 aliphatic rings. The van der Waals surface area contributed by atoms with E-state index in [2.05, 4.69) is 43.6 Å². The molecule has 2 N–H and O–H groups in total. The van der Waals surface area contributed by atoms with Gasteiger partial charge in [-0.2, -0.15) is 0 Å². The molecule has 0 unspecified atom stereocenters. The van der Waals surface area contributed by atoms with E-state index >= 15 is 0 Å². The fourth-order valence-corrected chi connectivity index (χ4v) is 2.09. The Bertz CT molecular complexity index is 358. The number of aryl methyl sites for hydroxylation is 2. The van der Waals surface area contributed by atoms with E-state index in [1.807, 2.05) is 6.92 Å². The van der Waals surface area contributed by atoms with Crippen LogP contribution in [0.4, 0.5) is 5.82 Å². The molecule has 1 aromatic rings. The number of aromatic nitrogens is 1. The van der Waals surface area contributed by atoms with Crippen LogP contribution in [0.1, 0.15) is 37.6 Å². The topological polar surface area (TPSA) is 42.2 Å². The Morgan fingerprint density at radius 3 is 2.44 bits per heavy atom. The highest BCUT2D eigenvalue weighted by molar-refractivity contribution is 5.52. The molecule has 1 aromatic heterocycles. The molecule has 0 aliphatic carbocycles. The monoisotopic (exact) mass is 221 g/mol. The van der Waals surface area contributed by atoms with Crippen LogP contribution in [0.2, 0.25) is 0 Å². The van der Waals surface area contributed by atoms with Crippen molar-refractivity contribution in [2.24, 2.45) is 5.73 Å². The Morgan fingerprint density at radius 1 is 1.38 bits per heavy atom. The summed E-state index contributed by atoms with van der Waals surface area (Å²) in [7, 11) is 0. The summed E-state index contributed by atoms with van der Waals surface area (Å²) in [5.41, 5.74) is 9.29. The van der Waals surface area contributed by atoms with Gasteiger partial charge in [0.2, 0.25) is 0 Å². The second-order valence-electron chi connectivity index (χ2n) is 4.47.